The van der Waals surface area contributed by atoms with Gasteiger partial charge in [-0.2, -0.15) is 0 Å². The molecule has 1 aliphatic carbocycles. The molecule has 0 saturated heterocycles. The zero-order valence-electron chi connectivity index (χ0n) is 17.6. The van der Waals surface area contributed by atoms with E-state index in [0.717, 1.165) is 18.4 Å². The Balaban J connectivity index is 1.53. The zero-order valence-corrected chi connectivity index (χ0v) is 17.6. The van der Waals surface area contributed by atoms with E-state index in [4.69, 9.17) is 0 Å². The Morgan fingerprint density at radius 3 is 2.29 bits per heavy atom. The summed E-state index contributed by atoms with van der Waals surface area (Å²) in [4.78, 5) is 38.1. The summed E-state index contributed by atoms with van der Waals surface area (Å²) in [5.41, 5.74) is 2.27. The Kier molecular flexibility index (Phi) is 6.12. The molecule has 1 N–H and O–H groups in total. The second kappa shape index (κ2) is 9.13. The SMILES string of the molecule is CNC(=O)c1cc(C(=O)CC2CC(c3ccccc3)C2)cn(Cc2ccccc2)c1=O. The maximum absolute atomic E-state index is 13.0. The van der Waals surface area contributed by atoms with E-state index in [1.165, 1.54) is 23.2 Å². The van der Waals surface area contributed by atoms with Crippen LogP contribution in [0, 0.1) is 5.92 Å². The number of rotatable bonds is 7. The monoisotopic (exact) mass is 414 g/mol. The van der Waals surface area contributed by atoms with Gasteiger partial charge in [0, 0.05) is 25.2 Å². The van der Waals surface area contributed by atoms with Gasteiger partial charge in [-0.25, -0.2) is 0 Å². The maximum Gasteiger partial charge on any atom is 0.263 e. The molecule has 0 aliphatic heterocycles. The number of hydrogen-bond donors (Lipinski definition) is 1. The summed E-state index contributed by atoms with van der Waals surface area (Å²) in [6, 6.07) is 21.4. The second-order valence-corrected chi connectivity index (χ2v) is 8.21. The van der Waals surface area contributed by atoms with Gasteiger partial charge in [-0.15, -0.1) is 0 Å². The van der Waals surface area contributed by atoms with Crippen molar-refractivity contribution in [2.45, 2.75) is 31.7 Å². The van der Waals surface area contributed by atoms with Crippen LogP contribution in [0.5, 0.6) is 0 Å². The molecule has 5 heteroatoms. The molecule has 2 aromatic carbocycles. The second-order valence-electron chi connectivity index (χ2n) is 8.21. The molecule has 5 nitrogen and oxygen atoms in total. The Morgan fingerprint density at radius 2 is 1.65 bits per heavy atom. The first-order valence-corrected chi connectivity index (χ1v) is 10.6. The number of hydrogen-bond acceptors (Lipinski definition) is 3. The number of aromatic nitrogens is 1. The third-order valence-electron chi connectivity index (χ3n) is 6.06. The van der Waals surface area contributed by atoms with Crippen molar-refractivity contribution in [3.63, 3.8) is 0 Å². The summed E-state index contributed by atoms with van der Waals surface area (Å²) in [6.07, 6.45) is 4.00. The largest absolute Gasteiger partial charge is 0.355 e. The number of amides is 1. The number of ketones is 1. The summed E-state index contributed by atoms with van der Waals surface area (Å²) in [5.74, 6) is 0.334. The summed E-state index contributed by atoms with van der Waals surface area (Å²) in [7, 11) is 1.48. The summed E-state index contributed by atoms with van der Waals surface area (Å²) in [6.45, 7) is 0.310. The predicted molar refractivity (Wildman–Crippen MR) is 120 cm³/mol. The van der Waals surface area contributed by atoms with Crippen LogP contribution in [0.25, 0.3) is 0 Å². The number of pyridine rings is 1. The van der Waals surface area contributed by atoms with Crippen molar-refractivity contribution in [3.05, 3.63) is 106 Å². The lowest BCUT2D eigenvalue weighted by Crippen LogP contribution is -2.32. The van der Waals surface area contributed by atoms with E-state index < -0.39 is 11.5 Å². The molecule has 1 aliphatic rings. The van der Waals surface area contributed by atoms with Gasteiger partial charge in [0.1, 0.15) is 5.56 Å². The first-order chi connectivity index (χ1) is 15.0. The minimum atomic E-state index is -0.478. The lowest BCUT2D eigenvalue weighted by molar-refractivity contribution is 0.0924. The van der Waals surface area contributed by atoms with Gasteiger partial charge in [-0.1, -0.05) is 60.7 Å². The number of Topliss-reactive ketones (excluding diaryl/α,β-unsaturated/α-hetero) is 1. The van der Waals surface area contributed by atoms with Crippen molar-refractivity contribution in [1.82, 2.24) is 9.88 Å². The van der Waals surface area contributed by atoms with Gasteiger partial charge >= 0.3 is 0 Å². The standard InChI is InChI=1S/C26H26N2O3/c1-27-25(30)23-15-22(17-28(26(23)31)16-18-8-4-2-5-9-18)24(29)14-19-12-21(13-19)20-10-6-3-7-11-20/h2-11,15,17,19,21H,12-14,16H2,1H3,(H,27,30). The molecule has 0 radical (unpaired) electrons. The van der Waals surface area contributed by atoms with Crippen molar-refractivity contribution in [2.24, 2.45) is 5.92 Å². The fraction of sp³-hybridized carbons (Fsp3) is 0.269. The molecule has 31 heavy (non-hydrogen) atoms. The fourth-order valence-corrected chi connectivity index (χ4v) is 4.26. The molecule has 0 bridgehead atoms. The van der Waals surface area contributed by atoms with E-state index in [-0.39, 0.29) is 11.3 Å². The highest BCUT2D eigenvalue weighted by Gasteiger charge is 2.32. The first-order valence-electron chi connectivity index (χ1n) is 10.6. The highest BCUT2D eigenvalue weighted by Crippen LogP contribution is 2.43. The number of benzene rings is 2. The molecule has 0 unspecified atom stereocenters. The molecule has 1 fully saturated rings. The van der Waals surface area contributed by atoms with Crippen molar-refractivity contribution < 1.29 is 9.59 Å². The molecule has 3 aromatic rings. The van der Waals surface area contributed by atoms with Crippen LogP contribution in [0.4, 0.5) is 0 Å². The average Bonchev–Trinajstić information content (AvgIpc) is 2.78. The van der Waals surface area contributed by atoms with Crippen molar-refractivity contribution >= 4 is 11.7 Å². The van der Waals surface area contributed by atoms with Gasteiger partial charge in [0.2, 0.25) is 0 Å². The van der Waals surface area contributed by atoms with Gasteiger partial charge in [0.05, 0.1) is 6.54 Å². The molecule has 1 saturated carbocycles. The van der Waals surface area contributed by atoms with E-state index >= 15 is 0 Å². The van der Waals surface area contributed by atoms with Crippen LogP contribution in [0.15, 0.2) is 77.7 Å². The summed E-state index contributed by atoms with van der Waals surface area (Å²) < 4.78 is 1.46. The zero-order chi connectivity index (χ0) is 21.8. The molecular weight excluding hydrogens is 388 g/mol. The van der Waals surface area contributed by atoms with Gasteiger partial charge in [0.15, 0.2) is 5.78 Å². The highest BCUT2D eigenvalue weighted by molar-refractivity contribution is 6.00. The molecule has 4 rings (SSSR count). The fourth-order valence-electron chi connectivity index (χ4n) is 4.26. The highest BCUT2D eigenvalue weighted by atomic mass is 16.2. The van der Waals surface area contributed by atoms with Crippen LogP contribution in [-0.4, -0.2) is 23.3 Å². The van der Waals surface area contributed by atoms with Crippen LogP contribution in [0.3, 0.4) is 0 Å². The van der Waals surface area contributed by atoms with Gasteiger partial charge in [0.25, 0.3) is 11.5 Å². The Hall–Kier alpha value is -3.47. The van der Waals surface area contributed by atoms with Crippen LogP contribution in [0.1, 0.15) is 57.0 Å². The van der Waals surface area contributed by atoms with E-state index in [2.05, 4.69) is 17.4 Å². The number of nitrogens with zero attached hydrogens (tertiary/aromatic N) is 1. The summed E-state index contributed by atoms with van der Waals surface area (Å²) in [5, 5.41) is 2.50. The normalized spacial score (nSPS) is 17.6. The first kappa shape index (κ1) is 20.8. The molecule has 158 valence electrons. The van der Waals surface area contributed by atoms with Crippen molar-refractivity contribution in [2.75, 3.05) is 7.05 Å². The third kappa shape index (κ3) is 4.66. The van der Waals surface area contributed by atoms with E-state index in [1.807, 2.05) is 48.5 Å². The average molecular weight is 415 g/mol. The van der Waals surface area contributed by atoms with Gasteiger partial charge in [-0.3, -0.25) is 14.4 Å². The summed E-state index contributed by atoms with van der Waals surface area (Å²) >= 11 is 0. The molecular formula is C26H26N2O3. The predicted octanol–water partition coefficient (Wildman–Crippen LogP) is 4.02. The minimum Gasteiger partial charge on any atom is -0.355 e. The molecule has 0 spiro atoms. The molecule has 0 atom stereocenters. The van der Waals surface area contributed by atoms with Crippen molar-refractivity contribution in [1.29, 1.82) is 0 Å². The Labute approximate surface area is 181 Å². The van der Waals surface area contributed by atoms with Crippen LogP contribution in [-0.2, 0) is 6.54 Å². The Bertz CT molecular complexity index is 1130. The molecule has 1 aromatic heterocycles. The number of carbonyl (C=O) groups is 2. The van der Waals surface area contributed by atoms with Gasteiger partial charge in [-0.05, 0) is 41.9 Å². The molecule has 1 amide bonds. The quantitative estimate of drug-likeness (QED) is 0.594. The lowest BCUT2D eigenvalue weighted by atomic mass is 9.69. The minimum absolute atomic E-state index is 0.0000487. The van der Waals surface area contributed by atoms with E-state index in [0.29, 0.717) is 30.4 Å². The third-order valence-corrected chi connectivity index (χ3v) is 6.06. The smallest absolute Gasteiger partial charge is 0.263 e. The maximum atomic E-state index is 13.0. The topological polar surface area (TPSA) is 68.2 Å². The number of nitrogens with one attached hydrogen (secondary N) is 1. The number of carbonyl (C=O) groups excluding carboxylic acids is 2. The van der Waals surface area contributed by atoms with Gasteiger partial charge < -0.3 is 9.88 Å². The van der Waals surface area contributed by atoms with Crippen LogP contribution in [0.2, 0.25) is 0 Å². The van der Waals surface area contributed by atoms with E-state index in [1.54, 1.807) is 6.20 Å². The van der Waals surface area contributed by atoms with Crippen LogP contribution >= 0.6 is 0 Å². The Morgan fingerprint density at radius 1 is 1.00 bits per heavy atom. The van der Waals surface area contributed by atoms with Crippen LogP contribution < -0.4 is 10.9 Å². The lowest BCUT2D eigenvalue weighted by Gasteiger charge is -2.35. The van der Waals surface area contributed by atoms with Crippen molar-refractivity contribution in [3.8, 4) is 0 Å². The molecule has 1 heterocycles. The van der Waals surface area contributed by atoms with E-state index in [9.17, 15) is 14.4 Å².